The molecule has 0 aromatic carbocycles. The maximum absolute atomic E-state index is 11.8. The van der Waals surface area contributed by atoms with E-state index in [1.807, 2.05) is 13.8 Å². The minimum Gasteiger partial charge on any atom is -0.465 e. The van der Waals surface area contributed by atoms with E-state index in [1.54, 1.807) is 6.92 Å². The first-order chi connectivity index (χ1) is 9.01. The van der Waals surface area contributed by atoms with Crippen LogP contribution < -0.4 is 4.90 Å². The summed E-state index contributed by atoms with van der Waals surface area (Å²) in [6, 6.07) is 0. The molecule has 2 atom stereocenters. The molecule has 6 heteroatoms. The second-order valence-corrected chi connectivity index (χ2v) is 4.81. The Morgan fingerprint density at radius 1 is 1.42 bits per heavy atom. The smallest absolute Gasteiger partial charge is 0.343 e. The summed E-state index contributed by atoms with van der Waals surface area (Å²) < 4.78 is 10.5. The molecule has 1 aromatic heterocycles. The van der Waals surface area contributed by atoms with Crippen LogP contribution in [0.1, 0.15) is 30.0 Å². The Labute approximate surface area is 112 Å². The van der Waals surface area contributed by atoms with Gasteiger partial charge in [0.15, 0.2) is 0 Å². The number of anilines is 1. The van der Waals surface area contributed by atoms with Gasteiger partial charge >= 0.3 is 5.97 Å². The van der Waals surface area contributed by atoms with E-state index in [1.165, 1.54) is 13.3 Å². The zero-order valence-electron chi connectivity index (χ0n) is 11.7. The topological polar surface area (TPSA) is 64.5 Å². The number of morpholine rings is 1. The average molecular weight is 265 g/mol. The van der Waals surface area contributed by atoms with Gasteiger partial charge in [-0.05, 0) is 20.8 Å². The largest absolute Gasteiger partial charge is 0.465 e. The molecule has 2 heterocycles. The molecule has 6 nitrogen and oxygen atoms in total. The van der Waals surface area contributed by atoms with Gasteiger partial charge in [0.2, 0.25) is 0 Å². The Morgan fingerprint density at radius 2 is 2.05 bits per heavy atom. The molecule has 19 heavy (non-hydrogen) atoms. The molecule has 0 bridgehead atoms. The van der Waals surface area contributed by atoms with Crippen LogP contribution >= 0.6 is 0 Å². The van der Waals surface area contributed by atoms with Gasteiger partial charge in [-0.3, -0.25) is 0 Å². The molecule has 0 N–H and O–H groups in total. The SMILES string of the molecule is COC(=O)c1cnc(C)nc1N1CC(C)OC(C)C1. The first kappa shape index (κ1) is 13.7. The van der Waals surface area contributed by atoms with Crippen molar-refractivity contribution in [3.8, 4) is 0 Å². The third-order valence-electron chi connectivity index (χ3n) is 3.01. The van der Waals surface area contributed by atoms with Crippen molar-refractivity contribution < 1.29 is 14.3 Å². The normalized spacial score (nSPS) is 23.3. The number of carbonyl (C=O) groups is 1. The molecule has 1 aliphatic rings. The molecular weight excluding hydrogens is 246 g/mol. The predicted molar refractivity (Wildman–Crippen MR) is 70.3 cm³/mol. The van der Waals surface area contributed by atoms with Crippen molar-refractivity contribution in [1.82, 2.24) is 9.97 Å². The molecule has 104 valence electrons. The second kappa shape index (κ2) is 5.52. The van der Waals surface area contributed by atoms with Crippen molar-refractivity contribution in [2.24, 2.45) is 0 Å². The lowest BCUT2D eigenvalue weighted by Gasteiger charge is -2.36. The number of methoxy groups -OCH3 is 1. The minimum atomic E-state index is -0.415. The first-order valence-corrected chi connectivity index (χ1v) is 6.33. The van der Waals surface area contributed by atoms with E-state index in [2.05, 4.69) is 14.9 Å². The monoisotopic (exact) mass is 265 g/mol. The van der Waals surface area contributed by atoms with Crippen LogP contribution in [-0.2, 0) is 9.47 Å². The zero-order chi connectivity index (χ0) is 14.0. The van der Waals surface area contributed by atoms with Crippen molar-refractivity contribution >= 4 is 11.8 Å². The summed E-state index contributed by atoms with van der Waals surface area (Å²) in [4.78, 5) is 22.3. The summed E-state index contributed by atoms with van der Waals surface area (Å²) >= 11 is 0. The lowest BCUT2D eigenvalue weighted by Crippen LogP contribution is -2.46. The second-order valence-electron chi connectivity index (χ2n) is 4.81. The van der Waals surface area contributed by atoms with Gasteiger partial charge in [0.1, 0.15) is 17.2 Å². The highest BCUT2D eigenvalue weighted by molar-refractivity contribution is 5.94. The number of aromatic nitrogens is 2. The Bertz CT molecular complexity index is 468. The molecule has 1 aromatic rings. The van der Waals surface area contributed by atoms with Crippen LogP contribution in [0.4, 0.5) is 5.82 Å². The number of carbonyl (C=O) groups excluding carboxylic acids is 1. The summed E-state index contributed by atoms with van der Waals surface area (Å²) in [5.74, 6) is 0.845. The van der Waals surface area contributed by atoms with E-state index in [9.17, 15) is 4.79 Å². The standard InChI is InChI=1S/C13H19N3O3/c1-8-6-16(7-9(2)19-8)12-11(13(17)18-4)5-14-10(3)15-12/h5,8-9H,6-7H2,1-4H3. The lowest BCUT2D eigenvalue weighted by atomic mass is 10.2. The van der Waals surface area contributed by atoms with Crippen LogP contribution in [0.25, 0.3) is 0 Å². The zero-order valence-corrected chi connectivity index (χ0v) is 11.7. The van der Waals surface area contributed by atoms with E-state index in [4.69, 9.17) is 9.47 Å². The van der Waals surface area contributed by atoms with Crippen LogP contribution in [0.15, 0.2) is 6.20 Å². The number of rotatable bonds is 2. The minimum absolute atomic E-state index is 0.101. The Kier molecular flexibility index (Phi) is 3.99. The number of ether oxygens (including phenoxy) is 2. The molecule has 0 aliphatic carbocycles. The number of esters is 1. The molecule has 2 unspecified atom stereocenters. The molecule has 1 saturated heterocycles. The van der Waals surface area contributed by atoms with E-state index < -0.39 is 5.97 Å². The number of hydrogen-bond acceptors (Lipinski definition) is 6. The van der Waals surface area contributed by atoms with Crippen LogP contribution in [-0.4, -0.2) is 48.3 Å². The van der Waals surface area contributed by atoms with Crippen molar-refractivity contribution in [2.45, 2.75) is 33.0 Å². The number of hydrogen-bond donors (Lipinski definition) is 0. The van der Waals surface area contributed by atoms with Crippen LogP contribution in [0, 0.1) is 6.92 Å². The van der Waals surface area contributed by atoms with Gasteiger partial charge in [0.25, 0.3) is 0 Å². The van der Waals surface area contributed by atoms with Gasteiger partial charge in [-0.2, -0.15) is 0 Å². The van der Waals surface area contributed by atoms with Gasteiger partial charge < -0.3 is 14.4 Å². The third-order valence-corrected chi connectivity index (χ3v) is 3.01. The van der Waals surface area contributed by atoms with Crippen molar-refractivity contribution in [3.63, 3.8) is 0 Å². The lowest BCUT2D eigenvalue weighted by molar-refractivity contribution is -0.00560. The van der Waals surface area contributed by atoms with E-state index in [0.29, 0.717) is 30.3 Å². The maximum atomic E-state index is 11.8. The summed E-state index contributed by atoms with van der Waals surface area (Å²) in [5.41, 5.74) is 0.398. The summed E-state index contributed by atoms with van der Waals surface area (Å²) in [7, 11) is 1.36. The van der Waals surface area contributed by atoms with Gasteiger partial charge in [0, 0.05) is 19.3 Å². The van der Waals surface area contributed by atoms with E-state index in [-0.39, 0.29) is 12.2 Å². The molecule has 0 amide bonds. The van der Waals surface area contributed by atoms with Crippen molar-refractivity contribution in [3.05, 3.63) is 17.6 Å². The number of nitrogens with zero attached hydrogens (tertiary/aromatic N) is 3. The van der Waals surface area contributed by atoms with Crippen LogP contribution in [0.5, 0.6) is 0 Å². The quantitative estimate of drug-likeness (QED) is 0.748. The van der Waals surface area contributed by atoms with E-state index in [0.717, 1.165) is 0 Å². The van der Waals surface area contributed by atoms with Gasteiger partial charge in [-0.25, -0.2) is 14.8 Å². The highest BCUT2D eigenvalue weighted by Gasteiger charge is 2.27. The average Bonchev–Trinajstić information content (AvgIpc) is 2.36. The molecule has 0 radical (unpaired) electrons. The Morgan fingerprint density at radius 3 is 2.63 bits per heavy atom. The molecule has 1 fully saturated rings. The summed E-state index contributed by atoms with van der Waals surface area (Å²) in [6.07, 6.45) is 1.72. The fourth-order valence-electron chi connectivity index (χ4n) is 2.30. The Hall–Kier alpha value is -1.69. The number of aryl methyl sites for hydroxylation is 1. The van der Waals surface area contributed by atoms with Crippen molar-refractivity contribution in [1.29, 1.82) is 0 Å². The molecule has 0 saturated carbocycles. The first-order valence-electron chi connectivity index (χ1n) is 6.33. The van der Waals surface area contributed by atoms with Gasteiger partial charge in [0.05, 0.1) is 19.3 Å². The summed E-state index contributed by atoms with van der Waals surface area (Å²) in [5, 5.41) is 0. The van der Waals surface area contributed by atoms with Crippen molar-refractivity contribution in [2.75, 3.05) is 25.1 Å². The Balaban J connectivity index is 2.36. The summed E-state index contributed by atoms with van der Waals surface area (Å²) in [6.45, 7) is 7.22. The van der Waals surface area contributed by atoms with Crippen LogP contribution in [0.3, 0.4) is 0 Å². The third kappa shape index (κ3) is 3.01. The predicted octanol–water partition coefficient (Wildman–Crippen LogP) is 1.19. The maximum Gasteiger partial charge on any atom is 0.343 e. The molecule has 0 spiro atoms. The van der Waals surface area contributed by atoms with E-state index >= 15 is 0 Å². The molecule has 2 rings (SSSR count). The van der Waals surface area contributed by atoms with Gasteiger partial charge in [-0.1, -0.05) is 0 Å². The molecular formula is C13H19N3O3. The molecule has 1 aliphatic heterocycles. The van der Waals surface area contributed by atoms with Gasteiger partial charge in [-0.15, -0.1) is 0 Å². The highest BCUT2D eigenvalue weighted by Crippen LogP contribution is 2.22. The highest BCUT2D eigenvalue weighted by atomic mass is 16.5. The van der Waals surface area contributed by atoms with Crippen LogP contribution in [0.2, 0.25) is 0 Å². The fraction of sp³-hybridized carbons (Fsp3) is 0.615. The fourth-order valence-corrected chi connectivity index (χ4v) is 2.30.